The standard InChI is InChI=1S/C30H29N7O4S/c1-42(40,41)35-16-13-21(14-17-35)26-18-25(27-28(31)32-19-33-37(26)27)20-9-11-22(12-10-20)34-29(38)24-8-5-15-36(30(24)39)23-6-3-2-4-7-23/h2-12,15,18-19,21H,13-14,16-17H2,1H3,(H,34,38)(H2,31,32,33). The summed E-state index contributed by atoms with van der Waals surface area (Å²) in [5.41, 5.74) is 10.4. The molecule has 6 rings (SSSR count). The summed E-state index contributed by atoms with van der Waals surface area (Å²) in [6.07, 6.45) is 5.61. The molecule has 4 heterocycles. The van der Waals surface area contributed by atoms with E-state index in [1.165, 1.54) is 27.5 Å². The van der Waals surface area contributed by atoms with Crippen LogP contribution in [-0.2, 0) is 10.0 Å². The molecule has 1 amide bonds. The summed E-state index contributed by atoms with van der Waals surface area (Å²) in [6, 6.07) is 21.6. The number of carbonyl (C=O) groups excluding carboxylic acids is 1. The van der Waals surface area contributed by atoms with E-state index in [1.807, 2.05) is 36.4 Å². The van der Waals surface area contributed by atoms with Crippen LogP contribution in [0.2, 0.25) is 0 Å². The Labute approximate surface area is 242 Å². The van der Waals surface area contributed by atoms with Crippen molar-refractivity contribution in [2.24, 2.45) is 0 Å². The number of nitrogens with one attached hydrogen (secondary N) is 1. The maximum atomic E-state index is 13.1. The number of hydrogen-bond acceptors (Lipinski definition) is 7. The van der Waals surface area contributed by atoms with E-state index in [9.17, 15) is 18.0 Å². The van der Waals surface area contributed by atoms with E-state index in [-0.39, 0.29) is 11.5 Å². The number of anilines is 2. The number of rotatable bonds is 6. The molecule has 3 aromatic heterocycles. The molecular formula is C30H29N7O4S. The lowest BCUT2D eigenvalue weighted by Gasteiger charge is -2.29. The summed E-state index contributed by atoms with van der Waals surface area (Å²) in [5.74, 6) is -0.0772. The molecule has 0 radical (unpaired) electrons. The molecule has 1 fully saturated rings. The van der Waals surface area contributed by atoms with E-state index in [2.05, 4.69) is 15.4 Å². The van der Waals surface area contributed by atoms with E-state index in [0.29, 0.717) is 48.6 Å². The van der Waals surface area contributed by atoms with Gasteiger partial charge in [0.05, 0.1) is 6.26 Å². The van der Waals surface area contributed by atoms with Gasteiger partial charge in [0.15, 0.2) is 5.82 Å². The van der Waals surface area contributed by atoms with Gasteiger partial charge in [0.2, 0.25) is 10.0 Å². The maximum absolute atomic E-state index is 13.1. The molecule has 0 spiro atoms. The smallest absolute Gasteiger partial charge is 0.267 e. The van der Waals surface area contributed by atoms with Crippen LogP contribution in [0.5, 0.6) is 0 Å². The number of pyridine rings is 1. The Morgan fingerprint density at radius 1 is 1.00 bits per heavy atom. The molecule has 214 valence electrons. The fourth-order valence-electron chi connectivity index (χ4n) is 5.48. The monoisotopic (exact) mass is 583 g/mol. The van der Waals surface area contributed by atoms with Crippen LogP contribution in [0.1, 0.15) is 34.8 Å². The highest BCUT2D eigenvalue weighted by Gasteiger charge is 2.29. The number of nitrogen functional groups attached to an aromatic ring is 1. The van der Waals surface area contributed by atoms with Gasteiger partial charge in [-0.2, -0.15) is 5.10 Å². The Morgan fingerprint density at radius 2 is 1.71 bits per heavy atom. The second kappa shape index (κ2) is 10.9. The van der Waals surface area contributed by atoms with Crippen LogP contribution in [0.4, 0.5) is 11.5 Å². The Kier molecular flexibility index (Phi) is 7.09. The van der Waals surface area contributed by atoms with Crippen LogP contribution in [0, 0.1) is 0 Å². The number of sulfonamides is 1. The van der Waals surface area contributed by atoms with Crippen molar-refractivity contribution in [1.29, 1.82) is 0 Å². The second-order valence-corrected chi connectivity index (χ2v) is 12.3. The van der Waals surface area contributed by atoms with Gasteiger partial charge in [0.25, 0.3) is 11.5 Å². The van der Waals surface area contributed by atoms with Gasteiger partial charge in [-0.25, -0.2) is 22.2 Å². The number of benzene rings is 2. The molecule has 0 saturated carbocycles. The molecule has 42 heavy (non-hydrogen) atoms. The summed E-state index contributed by atoms with van der Waals surface area (Å²) in [6.45, 7) is 0.887. The van der Waals surface area contributed by atoms with Gasteiger partial charge >= 0.3 is 0 Å². The highest BCUT2D eigenvalue weighted by molar-refractivity contribution is 7.88. The zero-order valence-electron chi connectivity index (χ0n) is 22.8. The molecule has 0 aliphatic carbocycles. The van der Waals surface area contributed by atoms with Crippen molar-refractivity contribution in [2.45, 2.75) is 18.8 Å². The van der Waals surface area contributed by atoms with Crippen LogP contribution >= 0.6 is 0 Å². The van der Waals surface area contributed by atoms with Crippen molar-refractivity contribution in [1.82, 2.24) is 23.5 Å². The molecule has 0 atom stereocenters. The summed E-state index contributed by atoms with van der Waals surface area (Å²) in [5, 5.41) is 7.28. The number of piperidine rings is 1. The molecule has 0 bridgehead atoms. The van der Waals surface area contributed by atoms with Crippen LogP contribution in [0.3, 0.4) is 0 Å². The third-order valence-corrected chi connectivity index (χ3v) is 8.93. The SMILES string of the molecule is CS(=O)(=O)N1CCC(c2cc(-c3ccc(NC(=O)c4cccn(-c5ccccc5)c4=O)cc3)c3c(N)ncnn23)CC1. The lowest BCUT2D eigenvalue weighted by molar-refractivity contribution is 0.102. The minimum absolute atomic E-state index is 0.0281. The van der Waals surface area contributed by atoms with Crippen molar-refractivity contribution < 1.29 is 13.2 Å². The summed E-state index contributed by atoms with van der Waals surface area (Å²) in [4.78, 5) is 30.3. The topological polar surface area (TPSA) is 145 Å². The lowest BCUT2D eigenvalue weighted by Crippen LogP contribution is -2.37. The van der Waals surface area contributed by atoms with Gasteiger partial charge in [-0.15, -0.1) is 0 Å². The van der Waals surface area contributed by atoms with Crippen LogP contribution < -0.4 is 16.6 Å². The third kappa shape index (κ3) is 5.17. The Bertz CT molecular complexity index is 1940. The summed E-state index contributed by atoms with van der Waals surface area (Å²) >= 11 is 0. The van der Waals surface area contributed by atoms with Crippen LogP contribution in [-0.4, -0.2) is 57.1 Å². The number of para-hydroxylation sites is 1. The zero-order chi connectivity index (χ0) is 29.4. The number of fused-ring (bicyclic) bond motifs is 1. The molecule has 11 nitrogen and oxygen atoms in total. The van der Waals surface area contributed by atoms with Gasteiger partial charge in [-0.1, -0.05) is 30.3 Å². The van der Waals surface area contributed by atoms with Crippen LogP contribution in [0.15, 0.2) is 90.1 Å². The van der Waals surface area contributed by atoms with E-state index < -0.39 is 21.5 Å². The quantitative estimate of drug-likeness (QED) is 0.311. The van der Waals surface area contributed by atoms with E-state index in [4.69, 9.17) is 5.73 Å². The van der Waals surface area contributed by atoms with Crippen molar-refractivity contribution in [3.8, 4) is 16.8 Å². The first-order valence-electron chi connectivity index (χ1n) is 13.5. The summed E-state index contributed by atoms with van der Waals surface area (Å²) in [7, 11) is -3.23. The van der Waals surface area contributed by atoms with Crippen LogP contribution in [0.25, 0.3) is 22.3 Å². The van der Waals surface area contributed by atoms with Crippen molar-refractivity contribution in [3.63, 3.8) is 0 Å². The molecule has 2 aromatic carbocycles. The van der Waals surface area contributed by atoms with Gasteiger partial charge in [-0.3, -0.25) is 14.2 Å². The third-order valence-electron chi connectivity index (χ3n) is 7.63. The first-order valence-corrected chi connectivity index (χ1v) is 15.3. The minimum atomic E-state index is -3.23. The first kappa shape index (κ1) is 27.4. The number of amides is 1. The number of carbonyl (C=O) groups is 1. The molecular weight excluding hydrogens is 554 g/mol. The van der Waals surface area contributed by atoms with E-state index in [0.717, 1.165) is 16.8 Å². The molecule has 1 saturated heterocycles. The predicted octanol–water partition coefficient (Wildman–Crippen LogP) is 3.52. The Balaban J connectivity index is 1.26. The average Bonchev–Trinajstić information content (AvgIpc) is 3.39. The predicted molar refractivity (Wildman–Crippen MR) is 161 cm³/mol. The maximum Gasteiger partial charge on any atom is 0.267 e. The lowest BCUT2D eigenvalue weighted by atomic mass is 9.94. The number of nitrogens with zero attached hydrogens (tertiary/aromatic N) is 5. The number of nitrogens with two attached hydrogens (primary N) is 1. The number of hydrogen-bond donors (Lipinski definition) is 2. The highest BCUT2D eigenvalue weighted by atomic mass is 32.2. The molecule has 0 unspecified atom stereocenters. The number of aromatic nitrogens is 4. The van der Waals surface area contributed by atoms with Gasteiger partial charge in [0, 0.05) is 47.8 Å². The van der Waals surface area contributed by atoms with Gasteiger partial charge in [0.1, 0.15) is 17.4 Å². The Hall–Kier alpha value is -4.81. The molecule has 5 aromatic rings. The minimum Gasteiger partial charge on any atom is -0.382 e. The van der Waals surface area contributed by atoms with Gasteiger partial charge in [-0.05, 0) is 60.9 Å². The molecule has 1 aliphatic rings. The Morgan fingerprint density at radius 3 is 2.40 bits per heavy atom. The fraction of sp³-hybridized carbons (Fsp3) is 0.200. The van der Waals surface area contributed by atoms with Crippen molar-refractivity contribution >= 4 is 33.0 Å². The molecule has 12 heteroatoms. The average molecular weight is 584 g/mol. The normalized spacial score (nSPS) is 14.7. The largest absolute Gasteiger partial charge is 0.382 e. The second-order valence-electron chi connectivity index (χ2n) is 10.3. The van der Waals surface area contributed by atoms with E-state index in [1.54, 1.807) is 41.0 Å². The fourth-order valence-corrected chi connectivity index (χ4v) is 6.35. The molecule has 3 N–H and O–H groups in total. The van der Waals surface area contributed by atoms with Crippen molar-refractivity contribution in [3.05, 3.63) is 107 Å². The highest BCUT2D eigenvalue weighted by Crippen LogP contribution is 2.37. The first-order chi connectivity index (χ1) is 20.2. The summed E-state index contributed by atoms with van der Waals surface area (Å²) < 4.78 is 28.7. The van der Waals surface area contributed by atoms with E-state index >= 15 is 0 Å². The van der Waals surface area contributed by atoms with Crippen molar-refractivity contribution in [2.75, 3.05) is 30.4 Å². The van der Waals surface area contributed by atoms with Gasteiger partial charge < -0.3 is 11.1 Å². The molecule has 1 aliphatic heterocycles. The zero-order valence-corrected chi connectivity index (χ0v) is 23.7.